The minimum Gasteiger partial charge on any atom is -0.496 e. The van der Waals surface area contributed by atoms with E-state index in [4.69, 9.17) is 22.1 Å². The van der Waals surface area contributed by atoms with Gasteiger partial charge in [0.05, 0.1) is 18.4 Å². The van der Waals surface area contributed by atoms with E-state index in [9.17, 15) is 14.4 Å². The summed E-state index contributed by atoms with van der Waals surface area (Å²) in [5.41, 5.74) is 6.99. The van der Waals surface area contributed by atoms with Gasteiger partial charge >= 0.3 is 0 Å². The number of anilines is 1. The van der Waals surface area contributed by atoms with E-state index < -0.39 is 11.9 Å². The number of halogens is 1. The van der Waals surface area contributed by atoms with Crippen LogP contribution in [0.5, 0.6) is 5.75 Å². The molecule has 2 aromatic carbocycles. The molecule has 1 aliphatic heterocycles. The van der Waals surface area contributed by atoms with E-state index >= 15 is 0 Å². The summed E-state index contributed by atoms with van der Waals surface area (Å²) in [5, 5.41) is 7.39. The van der Waals surface area contributed by atoms with Crippen LogP contribution in [0.4, 0.5) is 5.69 Å². The van der Waals surface area contributed by atoms with Crippen molar-refractivity contribution in [1.82, 2.24) is 14.7 Å². The molecule has 1 saturated heterocycles. The topological polar surface area (TPSA) is 120 Å². The third-order valence-electron chi connectivity index (χ3n) is 5.45. The average Bonchev–Trinajstić information content (AvgIpc) is 3.49. The minimum absolute atomic E-state index is 0.162. The second kappa shape index (κ2) is 9.33. The third-order valence-corrected chi connectivity index (χ3v) is 5.68. The molecule has 3 amide bonds. The highest BCUT2D eigenvalue weighted by Gasteiger charge is 2.35. The lowest BCUT2D eigenvalue weighted by Gasteiger charge is -2.25. The van der Waals surface area contributed by atoms with Crippen LogP contribution < -0.4 is 15.8 Å². The van der Waals surface area contributed by atoms with Crippen LogP contribution in [0, 0.1) is 0 Å². The monoisotopic (exact) mass is 467 g/mol. The smallest absolute Gasteiger partial charge is 0.269 e. The summed E-state index contributed by atoms with van der Waals surface area (Å²) in [6.45, 7) is 0.465. The van der Waals surface area contributed by atoms with E-state index in [1.54, 1.807) is 53.6 Å². The van der Waals surface area contributed by atoms with Crippen molar-refractivity contribution in [3.8, 4) is 11.4 Å². The van der Waals surface area contributed by atoms with E-state index in [1.807, 2.05) is 0 Å². The number of hydrogen-bond acceptors (Lipinski definition) is 5. The van der Waals surface area contributed by atoms with Gasteiger partial charge in [0.1, 0.15) is 17.5 Å². The lowest BCUT2D eigenvalue weighted by atomic mass is 10.1. The fourth-order valence-corrected chi connectivity index (χ4v) is 3.98. The van der Waals surface area contributed by atoms with Gasteiger partial charge in [0.25, 0.3) is 11.8 Å². The van der Waals surface area contributed by atoms with Gasteiger partial charge < -0.3 is 20.7 Å². The number of primary amides is 1. The van der Waals surface area contributed by atoms with Gasteiger partial charge in [-0.1, -0.05) is 11.6 Å². The number of amides is 3. The Balaban J connectivity index is 1.47. The molecule has 0 aliphatic carbocycles. The molecular formula is C23H22ClN5O4. The van der Waals surface area contributed by atoms with Crippen molar-refractivity contribution in [3.05, 3.63) is 71.0 Å². The van der Waals surface area contributed by atoms with Crippen LogP contribution in [0.1, 0.15) is 33.7 Å². The zero-order chi connectivity index (χ0) is 23.5. The summed E-state index contributed by atoms with van der Waals surface area (Å²) in [5.74, 6) is -0.774. The molecule has 4 rings (SSSR count). The van der Waals surface area contributed by atoms with Crippen LogP contribution in [0.3, 0.4) is 0 Å². The molecular weight excluding hydrogens is 446 g/mol. The van der Waals surface area contributed by atoms with Gasteiger partial charge in [-0.3, -0.25) is 14.4 Å². The molecule has 2 heterocycles. The molecule has 3 N–H and O–H groups in total. The predicted octanol–water partition coefficient (Wildman–Crippen LogP) is 2.88. The number of nitrogens with two attached hydrogens (primary N) is 1. The maximum Gasteiger partial charge on any atom is 0.269 e. The van der Waals surface area contributed by atoms with Gasteiger partial charge in [0.2, 0.25) is 5.91 Å². The summed E-state index contributed by atoms with van der Waals surface area (Å²) < 4.78 is 6.81. The fourth-order valence-electron chi connectivity index (χ4n) is 3.81. The Labute approximate surface area is 195 Å². The van der Waals surface area contributed by atoms with Gasteiger partial charge in [-0.15, -0.1) is 0 Å². The Kier molecular flexibility index (Phi) is 6.32. The van der Waals surface area contributed by atoms with Gasteiger partial charge in [0.15, 0.2) is 0 Å². The number of likely N-dealkylation sites (tertiary alicyclic amines) is 1. The van der Waals surface area contributed by atoms with Crippen molar-refractivity contribution in [3.63, 3.8) is 0 Å². The molecule has 0 saturated carbocycles. The molecule has 0 spiro atoms. The van der Waals surface area contributed by atoms with Crippen molar-refractivity contribution in [1.29, 1.82) is 0 Å². The van der Waals surface area contributed by atoms with Crippen LogP contribution in [0.25, 0.3) is 5.69 Å². The number of carbonyl (C=O) groups is 3. The van der Waals surface area contributed by atoms with Crippen molar-refractivity contribution in [2.75, 3.05) is 19.0 Å². The van der Waals surface area contributed by atoms with Gasteiger partial charge in [-0.05, 0) is 61.4 Å². The number of carbonyl (C=O) groups excluding carboxylic acids is 3. The Bertz CT molecular complexity index is 1210. The van der Waals surface area contributed by atoms with Gasteiger partial charge in [-0.25, -0.2) is 4.68 Å². The predicted molar refractivity (Wildman–Crippen MR) is 123 cm³/mol. The van der Waals surface area contributed by atoms with E-state index in [2.05, 4.69) is 10.4 Å². The molecule has 3 aromatic rings. The zero-order valence-electron chi connectivity index (χ0n) is 17.8. The Hall–Kier alpha value is -3.85. The number of hydrogen-bond donors (Lipinski definition) is 2. The number of nitrogens with zero attached hydrogens (tertiary/aromatic N) is 3. The molecule has 170 valence electrons. The minimum atomic E-state index is -0.608. The van der Waals surface area contributed by atoms with Crippen LogP contribution in [-0.2, 0) is 4.79 Å². The molecule has 10 heteroatoms. The second-order valence-electron chi connectivity index (χ2n) is 7.55. The summed E-state index contributed by atoms with van der Waals surface area (Å²) in [7, 11) is 1.48. The van der Waals surface area contributed by atoms with Crippen molar-refractivity contribution in [2.45, 2.75) is 18.9 Å². The van der Waals surface area contributed by atoms with E-state index in [-0.39, 0.29) is 17.5 Å². The molecule has 33 heavy (non-hydrogen) atoms. The molecule has 0 radical (unpaired) electrons. The van der Waals surface area contributed by atoms with Gasteiger partial charge in [-0.2, -0.15) is 5.10 Å². The first-order valence-electron chi connectivity index (χ1n) is 10.3. The van der Waals surface area contributed by atoms with E-state index in [0.29, 0.717) is 47.1 Å². The van der Waals surface area contributed by atoms with Crippen molar-refractivity contribution >= 4 is 35.0 Å². The van der Waals surface area contributed by atoms with Gasteiger partial charge in [0, 0.05) is 23.5 Å². The summed E-state index contributed by atoms with van der Waals surface area (Å²) in [6.07, 6.45) is 2.90. The first-order valence-corrected chi connectivity index (χ1v) is 10.7. The average molecular weight is 468 g/mol. The Morgan fingerprint density at radius 3 is 2.58 bits per heavy atom. The quantitative estimate of drug-likeness (QED) is 0.577. The number of benzene rings is 2. The first kappa shape index (κ1) is 22.3. The fraction of sp³-hybridized carbons (Fsp3) is 0.217. The molecule has 1 atom stereocenters. The second-order valence-corrected chi connectivity index (χ2v) is 7.98. The summed E-state index contributed by atoms with van der Waals surface area (Å²) in [4.78, 5) is 38.9. The van der Waals surface area contributed by atoms with E-state index in [0.717, 1.165) is 0 Å². The highest BCUT2D eigenvalue weighted by molar-refractivity contribution is 6.31. The molecule has 0 bridgehead atoms. The standard InChI is InChI=1S/C23H22ClN5O4/c1-33-20-9-4-14(24)13-17(20)23(32)28-11-2-3-19(28)22(31)26-15-5-7-16(8-6-15)29-12-10-18(27-29)21(25)30/h4-10,12-13,19H,2-3,11H2,1H3,(H2,25,30)(H,26,31). The highest BCUT2D eigenvalue weighted by Crippen LogP contribution is 2.28. The maximum absolute atomic E-state index is 13.2. The zero-order valence-corrected chi connectivity index (χ0v) is 18.6. The molecule has 1 aromatic heterocycles. The molecule has 1 aliphatic rings. The van der Waals surface area contributed by atoms with Crippen LogP contribution >= 0.6 is 11.6 Å². The Morgan fingerprint density at radius 2 is 1.91 bits per heavy atom. The highest BCUT2D eigenvalue weighted by atomic mass is 35.5. The van der Waals surface area contributed by atoms with Crippen LogP contribution in [0.2, 0.25) is 5.02 Å². The maximum atomic E-state index is 13.2. The number of ether oxygens (including phenoxy) is 1. The SMILES string of the molecule is COc1ccc(Cl)cc1C(=O)N1CCCC1C(=O)Nc1ccc(-n2ccc(C(N)=O)n2)cc1. The lowest BCUT2D eigenvalue weighted by Crippen LogP contribution is -2.43. The van der Waals surface area contributed by atoms with E-state index in [1.165, 1.54) is 17.9 Å². The molecule has 9 nitrogen and oxygen atoms in total. The number of nitrogens with one attached hydrogen (secondary N) is 1. The number of methoxy groups -OCH3 is 1. The largest absolute Gasteiger partial charge is 0.496 e. The summed E-state index contributed by atoms with van der Waals surface area (Å²) in [6, 6.07) is 12.7. The summed E-state index contributed by atoms with van der Waals surface area (Å²) >= 11 is 6.07. The third kappa shape index (κ3) is 4.68. The number of rotatable bonds is 6. The molecule has 1 fully saturated rings. The van der Waals surface area contributed by atoms with Crippen LogP contribution in [-0.4, -0.2) is 52.1 Å². The lowest BCUT2D eigenvalue weighted by molar-refractivity contribution is -0.119. The van der Waals surface area contributed by atoms with Crippen LogP contribution in [0.15, 0.2) is 54.7 Å². The molecule has 1 unspecified atom stereocenters. The van der Waals surface area contributed by atoms with Crippen molar-refractivity contribution < 1.29 is 19.1 Å². The van der Waals surface area contributed by atoms with Crippen molar-refractivity contribution in [2.24, 2.45) is 5.73 Å². The first-order chi connectivity index (χ1) is 15.9. The number of aromatic nitrogens is 2. The Morgan fingerprint density at radius 1 is 1.15 bits per heavy atom. The normalized spacial score (nSPS) is 15.3.